The number of sulfonamides is 1. The number of nitrogens with zero attached hydrogens (tertiary/aromatic N) is 2. The maximum Gasteiger partial charge on any atom is 0.244 e. The summed E-state index contributed by atoms with van der Waals surface area (Å²) in [6.07, 6.45) is 1.34. The van der Waals surface area contributed by atoms with Crippen LogP contribution in [0.3, 0.4) is 0 Å². The van der Waals surface area contributed by atoms with E-state index in [4.69, 9.17) is 4.74 Å². The van der Waals surface area contributed by atoms with Crippen molar-refractivity contribution in [2.75, 3.05) is 24.2 Å². The van der Waals surface area contributed by atoms with E-state index in [9.17, 15) is 18.0 Å². The highest BCUT2D eigenvalue weighted by Gasteiger charge is 2.33. The molecule has 0 saturated heterocycles. The molecule has 41 heavy (non-hydrogen) atoms. The summed E-state index contributed by atoms with van der Waals surface area (Å²) in [4.78, 5) is 29.2. The van der Waals surface area contributed by atoms with Gasteiger partial charge in [-0.3, -0.25) is 13.9 Å². The van der Waals surface area contributed by atoms with Crippen molar-refractivity contribution >= 4 is 27.5 Å². The van der Waals surface area contributed by atoms with E-state index in [1.807, 2.05) is 68.4 Å². The van der Waals surface area contributed by atoms with Gasteiger partial charge < -0.3 is 15.0 Å². The van der Waals surface area contributed by atoms with Gasteiger partial charge in [-0.05, 0) is 60.7 Å². The van der Waals surface area contributed by atoms with E-state index in [0.29, 0.717) is 11.4 Å². The van der Waals surface area contributed by atoms with Crippen LogP contribution in [0.4, 0.5) is 5.69 Å². The van der Waals surface area contributed by atoms with E-state index in [-0.39, 0.29) is 30.8 Å². The quantitative estimate of drug-likeness (QED) is 0.315. The van der Waals surface area contributed by atoms with Gasteiger partial charge in [0, 0.05) is 19.0 Å². The third kappa shape index (κ3) is 9.08. The summed E-state index contributed by atoms with van der Waals surface area (Å²) in [6.45, 7) is 7.46. The van der Waals surface area contributed by atoms with Crippen molar-refractivity contribution in [3.05, 3.63) is 95.6 Å². The fourth-order valence-corrected chi connectivity index (χ4v) is 5.39. The zero-order valence-electron chi connectivity index (χ0n) is 24.7. The number of rotatable bonds is 13. The molecule has 0 bridgehead atoms. The number of amides is 2. The van der Waals surface area contributed by atoms with Crippen molar-refractivity contribution in [1.82, 2.24) is 10.2 Å². The van der Waals surface area contributed by atoms with Crippen molar-refractivity contribution in [2.45, 2.75) is 58.7 Å². The van der Waals surface area contributed by atoms with Gasteiger partial charge in [-0.2, -0.15) is 0 Å². The highest BCUT2D eigenvalue weighted by Crippen LogP contribution is 2.24. The average molecular weight is 580 g/mol. The number of nitrogens with one attached hydrogen (secondary N) is 1. The Bertz CT molecular complexity index is 1410. The largest absolute Gasteiger partial charge is 0.497 e. The highest BCUT2D eigenvalue weighted by atomic mass is 32.2. The van der Waals surface area contributed by atoms with E-state index in [0.717, 1.165) is 27.3 Å². The molecular formula is C32H41N3O5S. The molecule has 3 aromatic carbocycles. The number of hydrogen-bond acceptors (Lipinski definition) is 5. The van der Waals surface area contributed by atoms with Crippen LogP contribution in [0.5, 0.6) is 5.75 Å². The van der Waals surface area contributed by atoms with Crippen LogP contribution in [0.25, 0.3) is 0 Å². The number of carbonyl (C=O) groups is 2. The zero-order chi connectivity index (χ0) is 30.2. The third-order valence-electron chi connectivity index (χ3n) is 6.72. The van der Waals surface area contributed by atoms with Crippen molar-refractivity contribution < 1.29 is 22.7 Å². The second-order valence-corrected chi connectivity index (χ2v) is 12.7. The molecule has 0 radical (unpaired) electrons. The summed E-state index contributed by atoms with van der Waals surface area (Å²) in [5.41, 5.74) is 3.07. The van der Waals surface area contributed by atoms with Gasteiger partial charge in [0.1, 0.15) is 18.3 Å². The van der Waals surface area contributed by atoms with Crippen LogP contribution >= 0.6 is 0 Å². The van der Waals surface area contributed by atoms with Gasteiger partial charge in [0.2, 0.25) is 21.8 Å². The van der Waals surface area contributed by atoms with Gasteiger partial charge in [-0.1, -0.05) is 68.4 Å². The number of methoxy groups -OCH3 is 1. The fourth-order valence-electron chi connectivity index (χ4n) is 4.54. The molecule has 8 nitrogen and oxygen atoms in total. The lowest BCUT2D eigenvalue weighted by Gasteiger charge is -2.34. The summed E-state index contributed by atoms with van der Waals surface area (Å²) in [5.74, 6) is 0.0800. The van der Waals surface area contributed by atoms with E-state index in [1.165, 1.54) is 4.90 Å². The summed E-state index contributed by atoms with van der Waals surface area (Å²) >= 11 is 0. The Balaban J connectivity index is 2.06. The molecule has 1 atom stereocenters. The van der Waals surface area contributed by atoms with Gasteiger partial charge in [0.05, 0.1) is 19.1 Å². The highest BCUT2D eigenvalue weighted by molar-refractivity contribution is 7.92. The second-order valence-electron chi connectivity index (χ2n) is 10.8. The molecule has 1 N–H and O–H groups in total. The lowest BCUT2D eigenvalue weighted by molar-refractivity contribution is -0.140. The smallest absolute Gasteiger partial charge is 0.244 e. The molecule has 9 heteroatoms. The predicted molar refractivity (Wildman–Crippen MR) is 163 cm³/mol. The van der Waals surface area contributed by atoms with Crippen LogP contribution in [-0.4, -0.2) is 57.1 Å². The standard InChI is InChI=1S/C32H41N3O5S/c1-23(2)27-15-17-28(18-16-27)35(41(6,38)39)22-31(36)34(21-26-13-10-14-29(19-26)40-5)30(32(37)33-24(3)4)20-25-11-8-7-9-12-25/h7-19,23-24,30H,20-22H2,1-6H3,(H,33,37)/t30-/m0/s1. The average Bonchev–Trinajstić information content (AvgIpc) is 2.93. The van der Waals surface area contributed by atoms with Crippen molar-refractivity contribution in [3.8, 4) is 5.75 Å². The maximum absolute atomic E-state index is 14.1. The van der Waals surface area contributed by atoms with Crippen LogP contribution < -0.4 is 14.4 Å². The number of anilines is 1. The molecule has 0 heterocycles. The Labute approximate surface area is 244 Å². The van der Waals surface area contributed by atoms with Crippen molar-refractivity contribution in [1.29, 1.82) is 0 Å². The molecule has 0 aliphatic carbocycles. The Morgan fingerprint density at radius 3 is 2.07 bits per heavy atom. The summed E-state index contributed by atoms with van der Waals surface area (Å²) in [7, 11) is -2.26. The number of ether oxygens (including phenoxy) is 1. The molecule has 0 unspecified atom stereocenters. The van der Waals surface area contributed by atoms with Crippen molar-refractivity contribution in [3.63, 3.8) is 0 Å². The first-order valence-electron chi connectivity index (χ1n) is 13.7. The first kappa shape index (κ1) is 31.7. The summed E-state index contributed by atoms with van der Waals surface area (Å²) in [6, 6.07) is 22.9. The molecule has 0 aromatic heterocycles. The molecule has 2 amide bonds. The van der Waals surface area contributed by atoms with Gasteiger partial charge in [-0.15, -0.1) is 0 Å². The lowest BCUT2D eigenvalue weighted by atomic mass is 10.0. The third-order valence-corrected chi connectivity index (χ3v) is 7.86. The van der Waals surface area contributed by atoms with Gasteiger partial charge in [0.25, 0.3) is 0 Å². The van der Waals surface area contributed by atoms with Crippen LogP contribution in [0.15, 0.2) is 78.9 Å². The minimum atomic E-state index is -3.82. The lowest BCUT2D eigenvalue weighted by Crippen LogP contribution is -2.54. The number of benzene rings is 3. The van der Waals surface area contributed by atoms with Crippen molar-refractivity contribution in [2.24, 2.45) is 0 Å². The number of carbonyl (C=O) groups excluding carboxylic acids is 2. The van der Waals surface area contributed by atoms with E-state index < -0.39 is 28.5 Å². The molecular weight excluding hydrogens is 538 g/mol. The topological polar surface area (TPSA) is 96.0 Å². The molecule has 3 rings (SSSR count). The monoisotopic (exact) mass is 579 g/mol. The Kier molecular flexibility index (Phi) is 10.9. The normalized spacial score (nSPS) is 12.2. The summed E-state index contributed by atoms with van der Waals surface area (Å²) < 4.78 is 32.4. The van der Waals surface area contributed by atoms with Crippen LogP contribution in [0.1, 0.15) is 50.3 Å². The molecule has 0 aliphatic heterocycles. The summed E-state index contributed by atoms with van der Waals surface area (Å²) in [5, 5.41) is 2.95. The zero-order valence-corrected chi connectivity index (χ0v) is 25.5. The fraction of sp³-hybridized carbons (Fsp3) is 0.375. The molecule has 220 valence electrons. The molecule has 0 spiro atoms. The molecule has 0 saturated carbocycles. The Hall–Kier alpha value is -3.85. The van der Waals surface area contributed by atoms with E-state index in [2.05, 4.69) is 19.2 Å². The predicted octanol–water partition coefficient (Wildman–Crippen LogP) is 4.75. The van der Waals surface area contributed by atoms with Crippen LogP contribution in [0.2, 0.25) is 0 Å². The minimum absolute atomic E-state index is 0.0862. The maximum atomic E-state index is 14.1. The van der Waals surface area contributed by atoms with Gasteiger partial charge in [-0.25, -0.2) is 8.42 Å². The van der Waals surface area contributed by atoms with Gasteiger partial charge >= 0.3 is 0 Å². The Morgan fingerprint density at radius 2 is 1.51 bits per heavy atom. The molecule has 0 fully saturated rings. The second kappa shape index (κ2) is 14.2. The van der Waals surface area contributed by atoms with Crippen LogP contribution in [0, 0.1) is 0 Å². The van der Waals surface area contributed by atoms with E-state index in [1.54, 1.807) is 31.4 Å². The molecule has 0 aliphatic rings. The molecule has 3 aromatic rings. The minimum Gasteiger partial charge on any atom is -0.497 e. The first-order valence-corrected chi connectivity index (χ1v) is 15.6. The van der Waals surface area contributed by atoms with Gasteiger partial charge in [0.15, 0.2) is 0 Å². The van der Waals surface area contributed by atoms with E-state index >= 15 is 0 Å². The van der Waals surface area contributed by atoms with Crippen LogP contribution in [-0.2, 0) is 32.6 Å². The first-order chi connectivity index (χ1) is 19.4. The number of hydrogen-bond donors (Lipinski definition) is 1. The Morgan fingerprint density at radius 1 is 0.878 bits per heavy atom. The SMILES string of the molecule is COc1cccc(CN(C(=O)CN(c2ccc(C(C)C)cc2)S(C)(=O)=O)[C@@H](Cc2ccccc2)C(=O)NC(C)C)c1.